The minimum atomic E-state index is -4.92. The number of anilines is 1. The van der Waals surface area contributed by atoms with Crippen LogP contribution in [0.15, 0.2) is 46.9 Å². The summed E-state index contributed by atoms with van der Waals surface area (Å²) in [6.45, 7) is 12.2. The van der Waals surface area contributed by atoms with Gasteiger partial charge in [0.1, 0.15) is 29.1 Å². The molecule has 2 aliphatic heterocycles. The van der Waals surface area contributed by atoms with Gasteiger partial charge in [0, 0.05) is 36.5 Å². The number of imidazole rings is 1. The number of aromatic nitrogens is 4. The zero-order valence-electron chi connectivity index (χ0n) is 30.0. The van der Waals surface area contributed by atoms with Crippen LogP contribution in [0, 0.1) is 17.7 Å². The highest BCUT2D eigenvalue weighted by atomic mass is 19.4. The topological polar surface area (TPSA) is 136 Å². The fraction of sp³-hybridized carbons (Fsp3) is 0.472. The van der Waals surface area contributed by atoms with Crippen LogP contribution in [-0.2, 0) is 25.4 Å². The van der Waals surface area contributed by atoms with Gasteiger partial charge in [-0.15, -0.1) is 0 Å². The second-order valence-electron chi connectivity index (χ2n) is 14.0. The molecule has 3 aromatic heterocycles. The number of rotatable bonds is 5. The number of nitrogens with zero attached hydrogens (tertiary/aromatic N) is 5. The molecule has 17 heteroatoms. The SMILES string of the molecule is CC1CCN(C=O)C[C@@H]1C.COC(C)(C)C.O=C(OF)[C@@H]1C[C@H](Oc2nc3ccc(F)cc3[nH]2)CN1c1nc(C(F)(F)F)nc2c1oc1ccccc12. The minimum Gasteiger partial charge on any atom is -0.459 e. The van der Waals surface area contributed by atoms with E-state index in [0.29, 0.717) is 22.3 Å². The van der Waals surface area contributed by atoms with Gasteiger partial charge in [0.2, 0.25) is 12.2 Å². The number of likely N-dealkylation sites (tertiary alicyclic amines) is 1. The highest BCUT2D eigenvalue weighted by Gasteiger charge is 2.44. The van der Waals surface area contributed by atoms with E-state index >= 15 is 0 Å². The van der Waals surface area contributed by atoms with Gasteiger partial charge in [-0.05, 0) is 69.4 Å². The number of hydrogen-bond donors (Lipinski definition) is 1. The van der Waals surface area contributed by atoms with E-state index < -0.39 is 35.9 Å². The minimum absolute atomic E-state index is 0.0210. The second-order valence-corrected chi connectivity index (χ2v) is 14.0. The fourth-order valence-corrected chi connectivity index (χ4v) is 5.85. The Balaban J connectivity index is 0.000000282. The van der Waals surface area contributed by atoms with Crippen LogP contribution in [0.25, 0.3) is 33.1 Å². The van der Waals surface area contributed by atoms with Gasteiger partial charge in [0.15, 0.2) is 11.4 Å². The predicted octanol–water partition coefficient (Wildman–Crippen LogP) is 7.42. The number of H-pyrrole nitrogens is 1. The molecule has 2 aliphatic rings. The Kier molecular flexibility index (Phi) is 11.7. The molecule has 0 aliphatic carbocycles. The van der Waals surface area contributed by atoms with Gasteiger partial charge >= 0.3 is 12.1 Å². The molecule has 2 fully saturated rings. The molecular formula is C36H41F5N6O6. The lowest BCUT2D eigenvalue weighted by Crippen LogP contribution is -2.37. The molecular weight excluding hydrogens is 707 g/mol. The van der Waals surface area contributed by atoms with Crippen molar-refractivity contribution in [2.45, 2.75) is 71.4 Å². The monoisotopic (exact) mass is 748 g/mol. The lowest BCUT2D eigenvalue weighted by Gasteiger charge is -2.32. The maximum atomic E-state index is 13.7. The maximum Gasteiger partial charge on any atom is 0.451 e. The summed E-state index contributed by atoms with van der Waals surface area (Å²) < 4.78 is 84.1. The normalized spacial score (nSPS) is 20.5. The summed E-state index contributed by atoms with van der Waals surface area (Å²) in [6.07, 6.45) is -3.83. The Morgan fingerprint density at radius 2 is 1.75 bits per heavy atom. The van der Waals surface area contributed by atoms with Crippen molar-refractivity contribution in [1.29, 1.82) is 0 Å². The number of fused-ring (bicyclic) bond motifs is 4. The predicted molar refractivity (Wildman–Crippen MR) is 185 cm³/mol. The van der Waals surface area contributed by atoms with Gasteiger partial charge in [-0.25, -0.2) is 19.2 Å². The molecule has 286 valence electrons. The fourth-order valence-electron chi connectivity index (χ4n) is 5.85. The number of alkyl halides is 3. The molecule has 1 amide bonds. The van der Waals surface area contributed by atoms with E-state index in [9.17, 15) is 31.7 Å². The highest BCUT2D eigenvalue weighted by molar-refractivity contribution is 6.06. The van der Waals surface area contributed by atoms with Crippen LogP contribution in [0.2, 0.25) is 0 Å². The van der Waals surface area contributed by atoms with Gasteiger partial charge in [0.05, 0.1) is 23.2 Å². The van der Waals surface area contributed by atoms with Gasteiger partial charge < -0.3 is 28.7 Å². The molecule has 2 saturated heterocycles. The van der Waals surface area contributed by atoms with Crippen LogP contribution in [0.1, 0.15) is 53.3 Å². The number of aromatic amines is 1. The number of hydrogen-bond acceptors (Lipinski definition) is 10. The van der Waals surface area contributed by atoms with Crippen molar-refractivity contribution in [2.75, 3.05) is 31.6 Å². The van der Waals surface area contributed by atoms with Gasteiger partial charge in [-0.1, -0.05) is 26.0 Å². The maximum absolute atomic E-state index is 13.7. The number of halogens is 5. The third kappa shape index (κ3) is 9.30. The number of carbonyl (C=O) groups excluding carboxylic acids is 2. The molecule has 5 heterocycles. The molecule has 7 rings (SSSR count). The summed E-state index contributed by atoms with van der Waals surface area (Å²) in [5.74, 6) is -2.22. The number of para-hydroxylation sites is 1. The summed E-state index contributed by atoms with van der Waals surface area (Å²) in [5, 5.41) is 0.303. The van der Waals surface area contributed by atoms with Gasteiger partial charge in [-0.3, -0.25) is 9.74 Å². The van der Waals surface area contributed by atoms with Crippen molar-refractivity contribution >= 4 is 51.3 Å². The zero-order chi connectivity index (χ0) is 38.7. The van der Waals surface area contributed by atoms with E-state index in [1.54, 1.807) is 25.3 Å². The van der Waals surface area contributed by atoms with Crippen molar-refractivity contribution in [2.24, 2.45) is 11.8 Å². The lowest BCUT2D eigenvalue weighted by molar-refractivity contribution is -0.185. The van der Waals surface area contributed by atoms with E-state index in [4.69, 9.17) is 13.9 Å². The van der Waals surface area contributed by atoms with Crippen LogP contribution in [0.3, 0.4) is 0 Å². The number of amides is 1. The Hall–Kier alpha value is -5.06. The summed E-state index contributed by atoms with van der Waals surface area (Å²) in [4.78, 5) is 43.3. The molecule has 0 saturated carbocycles. The second kappa shape index (κ2) is 15.9. The molecule has 2 aromatic carbocycles. The Bertz CT molecular complexity index is 2050. The summed E-state index contributed by atoms with van der Waals surface area (Å²) in [5.41, 5.74) is 0.799. The van der Waals surface area contributed by atoms with E-state index in [-0.39, 0.29) is 47.1 Å². The van der Waals surface area contributed by atoms with E-state index in [1.807, 2.05) is 25.7 Å². The molecule has 5 aromatic rings. The van der Waals surface area contributed by atoms with Crippen LogP contribution in [-0.4, -0.2) is 81.7 Å². The Morgan fingerprint density at radius 3 is 2.40 bits per heavy atom. The van der Waals surface area contributed by atoms with Crippen molar-refractivity contribution in [1.82, 2.24) is 24.8 Å². The lowest BCUT2D eigenvalue weighted by atomic mass is 9.89. The highest BCUT2D eigenvalue weighted by Crippen LogP contribution is 2.39. The van der Waals surface area contributed by atoms with Crippen LogP contribution in [0.4, 0.5) is 27.9 Å². The van der Waals surface area contributed by atoms with Crippen LogP contribution < -0.4 is 9.64 Å². The first-order chi connectivity index (χ1) is 25.0. The first-order valence-electron chi connectivity index (χ1n) is 16.9. The summed E-state index contributed by atoms with van der Waals surface area (Å²) in [7, 11) is 1.71. The smallest absolute Gasteiger partial charge is 0.451 e. The van der Waals surface area contributed by atoms with E-state index in [1.165, 1.54) is 30.7 Å². The Morgan fingerprint density at radius 1 is 1.04 bits per heavy atom. The number of methoxy groups -OCH3 is 1. The quantitative estimate of drug-likeness (QED) is 0.143. The summed E-state index contributed by atoms with van der Waals surface area (Å²) >= 11 is 0. The third-order valence-electron chi connectivity index (χ3n) is 9.17. The number of furan rings is 1. The largest absolute Gasteiger partial charge is 0.459 e. The molecule has 0 bridgehead atoms. The van der Waals surface area contributed by atoms with E-state index in [0.717, 1.165) is 30.3 Å². The number of piperidine rings is 1. The molecule has 4 atom stereocenters. The molecule has 12 nitrogen and oxygen atoms in total. The van der Waals surface area contributed by atoms with Gasteiger partial charge in [0.25, 0.3) is 6.01 Å². The van der Waals surface area contributed by atoms with Crippen LogP contribution in [0.5, 0.6) is 6.01 Å². The number of nitrogens with one attached hydrogen (secondary N) is 1. The van der Waals surface area contributed by atoms with Crippen LogP contribution >= 0.6 is 0 Å². The van der Waals surface area contributed by atoms with Crippen molar-refractivity contribution in [3.05, 3.63) is 54.1 Å². The first-order valence-corrected chi connectivity index (χ1v) is 16.9. The number of carbonyl (C=O) groups is 2. The number of benzene rings is 2. The standard InChI is InChI=1S/C23H14F5N5O4.C8H15NO.C5H12O/c24-10-5-6-13-14(7-10)30-22(29-13)35-11-8-15(20(34)37-28)33(9-11)19-18-17(31-21(32-19)23(25,26)27)12-3-1-2-4-16(12)36-18;1-7-3-4-9(6-10)5-8(7)2;1-5(2,3)6-4/h1-7,11,15H,8-9H2,(H,29,30);6-8H,3-5H2,1-2H3;1-4H3/t11-,15-;7?,8-;/m00./s1. The Labute approximate surface area is 301 Å². The van der Waals surface area contributed by atoms with Gasteiger partial charge in [-0.2, -0.15) is 18.2 Å². The number of ether oxygens (including phenoxy) is 2. The molecule has 0 radical (unpaired) electrons. The van der Waals surface area contributed by atoms with Crippen molar-refractivity contribution < 1.29 is 50.5 Å². The zero-order valence-corrected chi connectivity index (χ0v) is 30.0. The van der Waals surface area contributed by atoms with E-state index in [2.05, 4.69) is 38.7 Å². The average Bonchev–Trinajstić information content (AvgIpc) is 3.83. The molecule has 53 heavy (non-hydrogen) atoms. The molecule has 1 N–H and O–H groups in total. The molecule has 1 unspecified atom stereocenters. The summed E-state index contributed by atoms with van der Waals surface area (Å²) in [6, 6.07) is 8.74. The van der Waals surface area contributed by atoms with Crippen molar-refractivity contribution in [3.63, 3.8) is 0 Å². The van der Waals surface area contributed by atoms with Crippen molar-refractivity contribution in [3.8, 4) is 6.01 Å². The average molecular weight is 749 g/mol. The first kappa shape index (κ1) is 39.2. The molecule has 0 spiro atoms. The third-order valence-corrected chi connectivity index (χ3v) is 9.17.